The fraction of sp³-hybridized carbons (Fsp3) is 0. The summed E-state index contributed by atoms with van der Waals surface area (Å²) in [5.74, 6) is 0. The molecule has 1 aromatic heterocycles. The Labute approximate surface area is 102 Å². The number of carbonyl (C=O) groups excluding carboxylic acids is 1. The third-order valence-corrected chi connectivity index (χ3v) is 3.31. The summed E-state index contributed by atoms with van der Waals surface area (Å²) in [5.41, 5.74) is 0.567. The average molecular weight is 251 g/mol. The van der Waals surface area contributed by atoms with Crippen LogP contribution in [0.5, 0.6) is 0 Å². The molecule has 0 aliphatic heterocycles. The summed E-state index contributed by atoms with van der Waals surface area (Å²) in [6.45, 7) is 0. The second kappa shape index (κ2) is 5.09. The van der Waals surface area contributed by atoms with Crippen LogP contribution in [0.15, 0.2) is 46.7 Å². The van der Waals surface area contributed by atoms with Gasteiger partial charge in [0.2, 0.25) is 0 Å². The lowest BCUT2D eigenvalue weighted by atomic mass is 10.2. The zero-order valence-corrected chi connectivity index (χ0v) is 9.70. The van der Waals surface area contributed by atoms with E-state index in [1.807, 2.05) is 0 Å². The van der Waals surface area contributed by atoms with Crippen LogP contribution in [0.3, 0.4) is 0 Å². The molecule has 2 aromatic rings. The highest BCUT2D eigenvalue weighted by atomic mass is 35.5. The Morgan fingerprint density at radius 2 is 2.19 bits per heavy atom. The van der Waals surface area contributed by atoms with Crippen LogP contribution in [0.4, 0.5) is 0 Å². The number of rotatable bonds is 3. The molecule has 0 fully saturated rings. The maximum atomic E-state index is 10.5. The lowest BCUT2D eigenvalue weighted by molar-refractivity contribution is 0.112. The van der Waals surface area contributed by atoms with E-state index in [2.05, 4.69) is 9.97 Å². The van der Waals surface area contributed by atoms with Crippen LogP contribution in [-0.2, 0) is 0 Å². The van der Waals surface area contributed by atoms with Crippen molar-refractivity contribution < 1.29 is 4.79 Å². The molecule has 5 heteroatoms. The molecule has 0 saturated carbocycles. The van der Waals surface area contributed by atoms with Crippen LogP contribution >= 0.6 is 23.4 Å². The Morgan fingerprint density at radius 3 is 2.81 bits per heavy atom. The van der Waals surface area contributed by atoms with Crippen LogP contribution in [0.2, 0.25) is 5.02 Å². The molecule has 0 aliphatic carbocycles. The van der Waals surface area contributed by atoms with Crippen molar-refractivity contribution in [2.45, 2.75) is 9.92 Å². The smallest absolute Gasteiger partial charge is 0.150 e. The van der Waals surface area contributed by atoms with Crippen LogP contribution in [-0.4, -0.2) is 16.3 Å². The van der Waals surface area contributed by atoms with Crippen LogP contribution in [0.25, 0.3) is 0 Å². The first-order chi connectivity index (χ1) is 7.79. The van der Waals surface area contributed by atoms with Gasteiger partial charge in [-0.05, 0) is 18.2 Å². The first-order valence-electron chi connectivity index (χ1n) is 4.48. The third-order valence-electron chi connectivity index (χ3n) is 1.86. The van der Waals surface area contributed by atoms with Crippen LogP contribution in [0.1, 0.15) is 10.4 Å². The summed E-state index contributed by atoms with van der Waals surface area (Å²) in [6.07, 6.45) is 3.92. The summed E-state index contributed by atoms with van der Waals surface area (Å²) in [4.78, 5) is 19.3. The first kappa shape index (κ1) is 11.1. The number of benzene rings is 1. The molecule has 80 valence electrons. The fourth-order valence-corrected chi connectivity index (χ4v) is 2.18. The average Bonchev–Trinajstić information content (AvgIpc) is 2.33. The van der Waals surface area contributed by atoms with Gasteiger partial charge < -0.3 is 0 Å². The van der Waals surface area contributed by atoms with Gasteiger partial charge in [-0.25, -0.2) is 9.97 Å². The topological polar surface area (TPSA) is 42.9 Å². The molecule has 0 radical (unpaired) electrons. The van der Waals surface area contributed by atoms with Crippen LogP contribution in [0, 0.1) is 0 Å². The van der Waals surface area contributed by atoms with Crippen molar-refractivity contribution in [2.24, 2.45) is 0 Å². The highest BCUT2D eigenvalue weighted by molar-refractivity contribution is 7.99. The molecule has 2 rings (SSSR count). The summed E-state index contributed by atoms with van der Waals surface area (Å²) in [5, 5.41) is 1.36. The van der Waals surface area contributed by atoms with Crippen molar-refractivity contribution in [3.8, 4) is 0 Å². The van der Waals surface area contributed by atoms with Gasteiger partial charge in [0.25, 0.3) is 0 Å². The third kappa shape index (κ3) is 2.59. The van der Waals surface area contributed by atoms with Crippen molar-refractivity contribution in [1.29, 1.82) is 0 Å². The van der Waals surface area contributed by atoms with E-state index < -0.39 is 0 Å². The molecule has 0 aliphatic rings. The van der Waals surface area contributed by atoms with Crippen molar-refractivity contribution in [1.82, 2.24) is 9.97 Å². The Hall–Kier alpha value is -1.39. The number of hydrogen-bond donors (Lipinski definition) is 0. The quantitative estimate of drug-likeness (QED) is 0.620. The molecule has 16 heavy (non-hydrogen) atoms. The lowest BCUT2D eigenvalue weighted by Gasteiger charge is -2.03. The number of halogens is 1. The molecule has 1 heterocycles. The molecule has 0 amide bonds. The Kier molecular flexibility index (Phi) is 3.54. The van der Waals surface area contributed by atoms with E-state index in [0.717, 1.165) is 16.2 Å². The summed E-state index contributed by atoms with van der Waals surface area (Å²) < 4.78 is 0. The lowest BCUT2D eigenvalue weighted by Crippen LogP contribution is -1.84. The zero-order valence-electron chi connectivity index (χ0n) is 8.13. The second-order valence-electron chi connectivity index (χ2n) is 2.96. The molecular formula is C11H7ClN2OS. The second-order valence-corrected chi connectivity index (χ2v) is 4.43. The van der Waals surface area contributed by atoms with E-state index in [-0.39, 0.29) is 0 Å². The summed E-state index contributed by atoms with van der Waals surface area (Å²) in [6, 6.07) is 6.97. The molecule has 0 bridgehead atoms. The predicted molar refractivity (Wildman–Crippen MR) is 63.0 cm³/mol. The fourth-order valence-electron chi connectivity index (χ4n) is 1.12. The molecule has 1 aromatic carbocycles. The van der Waals surface area contributed by atoms with Gasteiger partial charge in [0.15, 0.2) is 0 Å². The van der Waals surface area contributed by atoms with E-state index >= 15 is 0 Å². The van der Waals surface area contributed by atoms with Gasteiger partial charge in [0, 0.05) is 16.7 Å². The molecular weight excluding hydrogens is 244 g/mol. The molecule has 3 nitrogen and oxygen atoms in total. The standard InChI is InChI=1S/C11H7ClN2OS/c12-9-5-8(6-15)1-2-10(9)16-11-3-4-13-7-14-11/h1-7H. The number of carbonyl (C=O) groups is 1. The number of hydrogen-bond acceptors (Lipinski definition) is 4. The Morgan fingerprint density at radius 1 is 1.31 bits per heavy atom. The Balaban J connectivity index is 2.25. The van der Waals surface area contributed by atoms with Crippen molar-refractivity contribution in [2.75, 3.05) is 0 Å². The van der Waals surface area contributed by atoms with Gasteiger partial charge in [-0.3, -0.25) is 4.79 Å². The van der Waals surface area contributed by atoms with Gasteiger partial charge >= 0.3 is 0 Å². The molecule has 0 atom stereocenters. The van der Waals surface area contributed by atoms with E-state index in [0.29, 0.717) is 10.6 Å². The van der Waals surface area contributed by atoms with Gasteiger partial charge in [0.1, 0.15) is 17.6 Å². The van der Waals surface area contributed by atoms with E-state index in [4.69, 9.17) is 11.6 Å². The maximum Gasteiger partial charge on any atom is 0.150 e. The van der Waals surface area contributed by atoms with E-state index in [1.165, 1.54) is 18.1 Å². The molecule has 0 N–H and O–H groups in total. The van der Waals surface area contributed by atoms with Gasteiger partial charge in [-0.2, -0.15) is 0 Å². The first-order valence-corrected chi connectivity index (χ1v) is 5.67. The normalized spacial score (nSPS) is 10.1. The minimum absolute atomic E-state index is 0.549. The van der Waals surface area contributed by atoms with Gasteiger partial charge in [0.05, 0.1) is 5.02 Å². The highest BCUT2D eigenvalue weighted by Crippen LogP contribution is 2.32. The van der Waals surface area contributed by atoms with Gasteiger partial charge in [-0.15, -0.1) is 0 Å². The number of nitrogens with zero attached hydrogens (tertiary/aromatic N) is 2. The summed E-state index contributed by atoms with van der Waals surface area (Å²) in [7, 11) is 0. The molecule has 0 saturated heterocycles. The predicted octanol–water partition coefficient (Wildman–Crippen LogP) is 3.09. The largest absolute Gasteiger partial charge is 0.298 e. The minimum atomic E-state index is 0.549. The number of aromatic nitrogens is 2. The van der Waals surface area contributed by atoms with Gasteiger partial charge in [-0.1, -0.05) is 29.4 Å². The number of aldehydes is 1. The zero-order chi connectivity index (χ0) is 11.4. The van der Waals surface area contributed by atoms with Crippen molar-refractivity contribution in [3.63, 3.8) is 0 Å². The molecule has 0 spiro atoms. The van der Waals surface area contributed by atoms with E-state index in [9.17, 15) is 4.79 Å². The monoisotopic (exact) mass is 250 g/mol. The Bertz CT molecular complexity index is 505. The van der Waals surface area contributed by atoms with E-state index in [1.54, 1.807) is 30.5 Å². The van der Waals surface area contributed by atoms with Crippen LogP contribution < -0.4 is 0 Å². The van der Waals surface area contributed by atoms with Crippen molar-refractivity contribution in [3.05, 3.63) is 47.4 Å². The SMILES string of the molecule is O=Cc1ccc(Sc2ccncn2)c(Cl)c1. The highest BCUT2D eigenvalue weighted by Gasteiger charge is 2.04. The maximum absolute atomic E-state index is 10.5. The van der Waals surface area contributed by atoms with Crippen molar-refractivity contribution >= 4 is 29.6 Å². The summed E-state index contributed by atoms with van der Waals surface area (Å²) >= 11 is 7.47. The molecule has 0 unspecified atom stereocenters. The minimum Gasteiger partial charge on any atom is -0.298 e.